The summed E-state index contributed by atoms with van der Waals surface area (Å²) in [6, 6.07) is -1.15. The molecule has 3 aliphatic rings. The highest BCUT2D eigenvalue weighted by atomic mass is 19.1. The maximum atomic E-state index is 14.5. The van der Waals surface area contributed by atoms with E-state index >= 15 is 0 Å². The first-order valence-electron chi connectivity index (χ1n) is 6.38. The van der Waals surface area contributed by atoms with Crippen LogP contribution in [0.15, 0.2) is 0 Å². The zero-order valence-corrected chi connectivity index (χ0v) is 9.72. The highest BCUT2D eigenvalue weighted by Gasteiger charge is 2.69. The van der Waals surface area contributed by atoms with E-state index in [1.54, 1.807) is 0 Å². The van der Waals surface area contributed by atoms with Gasteiger partial charge >= 0.3 is 6.03 Å². The fourth-order valence-electron chi connectivity index (χ4n) is 3.82. The molecule has 17 heavy (non-hydrogen) atoms. The Balaban J connectivity index is 1.86. The second kappa shape index (κ2) is 3.43. The maximum absolute atomic E-state index is 14.5. The van der Waals surface area contributed by atoms with Crippen LogP contribution in [0.4, 0.5) is 9.18 Å². The Labute approximate surface area is 99.3 Å². The van der Waals surface area contributed by atoms with E-state index in [1.165, 1.54) is 12.8 Å². The van der Waals surface area contributed by atoms with Crippen LogP contribution in [0.25, 0.3) is 0 Å². The summed E-state index contributed by atoms with van der Waals surface area (Å²) in [7, 11) is 0. The van der Waals surface area contributed by atoms with Crippen molar-refractivity contribution in [2.24, 2.45) is 5.41 Å². The van der Waals surface area contributed by atoms with Gasteiger partial charge in [0.05, 0.1) is 6.04 Å². The Morgan fingerprint density at radius 3 is 2.41 bits per heavy atom. The highest BCUT2D eigenvalue weighted by Crippen LogP contribution is 2.58. The number of amides is 3. The molecule has 4 nitrogen and oxygen atoms in total. The van der Waals surface area contributed by atoms with Crippen LogP contribution in [0.2, 0.25) is 0 Å². The van der Waals surface area contributed by atoms with E-state index in [9.17, 15) is 14.0 Å². The van der Waals surface area contributed by atoms with Crippen molar-refractivity contribution in [2.75, 3.05) is 0 Å². The van der Waals surface area contributed by atoms with Crippen LogP contribution >= 0.6 is 0 Å². The summed E-state index contributed by atoms with van der Waals surface area (Å²) < 4.78 is 14.5. The molecule has 1 saturated heterocycles. The largest absolute Gasteiger partial charge is 0.331 e. The molecule has 5 heteroatoms. The minimum Gasteiger partial charge on any atom is -0.331 e. The molecule has 0 aromatic heterocycles. The predicted octanol–water partition coefficient (Wildman–Crippen LogP) is 1.65. The first-order chi connectivity index (χ1) is 8.07. The molecular weight excluding hydrogens is 223 g/mol. The third-order valence-corrected chi connectivity index (χ3v) is 4.66. The number of urea groups is 1. The molecule has 0 bridgehead atoms. The van der Waals surface area contributed by atoms with Crippen LogP contribution in [-0.4, -0.2) is 23.6 Å². The van der Waals surface area contributed by atoms with E-state index < -0.39 is 23.6 Å². The number of rotatable bonds is 0. The van der Waals surface area contributed by atoms with E-state index in [4.69, 9.17) is 0 Å². The van der Waals surface area contributed by atoms with Crippen molar-refractivity contribution in [1.29, 1.82) is 0 Å². The Morgan fingerprint density at radius 2 is 1.76 bits per heavy atom. The van der Waals surface area contributed by atoms with Gasteiger partial charge < -0.3 is 5.32 Å². The number of hydrogen-bond acceptors (Lipinski definition) is 2. The summed E-state index contributed by atoms with van der Waals surface area (Å²) in [6.07, 6.45) is 6.63. The van der Waals surface area contributed by atoms with Crippen molar-refractivity contribution in [3.05, 3.63) is 0 Å². The van der Waals surface area contributed by atoms with Gasteiger partial charge in [-0.15, -0.1) is 0 Å². The summed E-state index contributed by atoms with van der Waals surface area (Å²) in [5, 5.41) is 4.65. The molecule has 0 radical (unpaired) electrons. The number of imide groups is 1. The Morgan fingerprint density at radius 1 is 1.12 bits per heavy atom. The average molecular weight is 240 g/mol. The summed E-state index contributed by atoms with van der Waals surface area (Å²) in [4.78, 5) is 22.9. The molecule has 0 unspecified atom stereocenters. The number of nitrogens with one attached hydrogen (secondary N) is 2. The van der Waals surface area contributed by atoms with Crippen LogP contribution < -0.4 is 10.6 Å². The first kappa shape index (κ1) is 11.0. The van der Waals surface area contributed by atoms with E-state index in [-0.39, 0.29) is 11.8 Å². The van der Waals surface area contributed by atoms with Gasteiger partial charge in [-0.1, -0.05) is 25.7 Å². The van der Waals surface area contributed by atoms with Gasteiger partial charge in [0.2, 0.25) is 5.67 Å². The van der Waals surface area contributed by atoms with Gasteiger partial charge in [-0.3, -0.25) is 10.1 Å². The number of fused-ring (bicyclic) bond motifs is 2. The standard InChI is InChI=1S/C12H17FN2O2/c13-12-7-11(5-3-1-2-4-6-11)8(12)14-10(17)15-9(12)16/h8H,1-7H2,(H2,14,15,16,17)/t8-,12-/m1/s1. The summed E-state index contributed by atoms with van der Waals surface area (Å²) in [5.41, 5.74) is -2.03. The van der Waals surface area contributed by atoms with Crippen LogP contribution in [0.5, 0.6) is 0 Å². The third-order valence-electron chi connectivity index (χ3n) is 4.66. The Hall–Kier alpha value is -1.13. The molecule has 3 fully saturated rings. The third kappa shape index (κ3) is 1.40. The van der Waals surface area contributed by atoms with Crippen molar-refractivity contribution >= 4 is 11.9 Å². The number of halogens is 1. The van der Waals surface area contributed by atoms with Gasteiger partial charge in [-0.05, 0) is 18.3 Å². The molecule has 94 valence electrons. The zero-order valence-electron chi connectivity index (χ0n) is 9.72. The van der Waals surface area contributed by atoms with Gasteiger partial charge in [0.25, 0.3) is 5.91 Å². The normalized spacial score (nSPS) is 39.7. The van der Waals surface area contributed by atoms with Gasteiger partial charge in [-0.2, -0.15) is 0 Å². The van der Waals surface area contributed by atoms with Crippen molar-refractivity contribution in [3.8, 4) is 0 Å². The fourth-order valence-corrected chi connectivity index (χ4v) is 3.82. The van der Waals surface area contributed by atoms with Crippen molar-refractivity contribution in [1.82, 2.24) is 10.6 Å². The van der Waals surface area contributed by atoms with E-state index in [1.807, 2.05) is 5.32 Å². The lowest BCUT2D eigenvalue weighted by molar-refractivity contribution is -0.165. The number of carbonyl (C=O) groups is 2. The number of hydrogen-bond donors (Lipinski definition) is 2. The molecule has 2 N–H and O–H groups in total. The summed E-state index contributed by atoms with van der Waals surface area (Å²) in [6.45, 7) is 0. The lowest BCUT2D eigenvalue weighted by Gasteiger charge is -2.59. The molecule has 2 atom stereocenters. The Kier molecular flexibility index (Phi) is 2.22. The quantitative estimate of drug-likeness (QED) is 0.676. The maximum Gasteiger partial charge on any atom is 0.321 e. The van der Waals surface area contributed by atoms with Gasteiger partial charge in [0.1, 0.15) is 0 Å². The molecule has 0 aromatic rings. The van der Waals surface area contributed by atoms with Crippen molar-refractivity contribution < 1.29 is 14.0 Å². The number of alkyl halides is 1. The summed E-state index contributed by atoms with van der Waals surface area (Å²) >= 11 is 0. The lowest BCUT2D eigenvalue weighted by Crippen LogP contribution is -2.79. The second-order valence-electron chi connectivity index (χ2n) is 5.68. The van der Waals surface area contributed by atoms with Gasteiger partial charge in [0, 0.05) is 6.42 Å². The molecular formula is C12H17FN2O2. The fraction of sp³-hybridized carbons (Fsp3) is 0.833. The molecule has 3 amide bonds. The van der Waals surface area contributed by atoms with E-state index in [2.05, 4.69) is 5.32 Å². The SMILES string of the molecule is O=C1NC(=O)[C@@]2(F)CC3(CCCCCC3)[C@H]2N1. The highest BCUT2D eigenvalue weighted by molar-refractivity contribution is 6.03. The predicted molar refractivity (Wildman–Crippen MR) is 59.1 cm³/mol. The van der Waals surface area contributed by atoms with Crippen molar-refractivity contribution in [2.45, 2.75) is 56.7 Å². The molecule has 1 spiro atoms. The minimum absolute atomic E-state index is 0.168. The molecule has 3 rings (SSSR count). The van der Waals surface area contributed by atoms with Gasteiger partial charge in [-0.25, -0.2) is 9.18 Å². The molecule has 2 saturated carbocycles. The van der Waals surface area contributed by atoms with Crippen molar-refractivity contribution in [3.63, 3.8) is 0 Å². The topological polar surface area (TPSA) is 58.2 Å². The zero-order chi connectivity index (χ0) is 12.1. The lowest BCUT2D eigenvalue weighted by atomic mass is 9.52. The minimum atomic E-state index is -1.86. The van der Waals surface area contributed by atoms with Gasteiger partial charge in [0.15, 0.2) is 0 Å². The van der Waals surface area contributed by atoms with Crippen LogP contribution in [-0.2, 0) is 4.79 Å². The molecule has 0 aromatic carbocycles. The van der Waals surface area contributed by atoms with Crippen LogP contribution in [0.1, 0.15) is 44.9 Å². The average Bonchev–Trinajstić information content (AvgIpc) is 2.51. The van der Waals surface area contributed by atoms with E-state index in [0.29, 0.717) is 0 Å². The second-order valence-corrected chi connectivity index (χ2v) is 5.68. The van der Waals surface area contributed by atoms with E-state index in [0.717, 1.165) is 25.7 Å². The van der Waals surface area contributed by atoms with Crippen LogP contribution in [0, 0.1) is 5.41 Å². The van der Waals surface area contributed by atoms with Crippen LogP contribution in [0.3, 0.4) is 0 Å². The Bertz CT molecular complexity index is 377. The smallest absolute Gasteiger partial charge is 0.321 e. The summed E-state index contributed by atoms with van der Waals surface area (Å²) in [5.74, 6) is -0.749. The monoisotopic (exact) mass is 240 g/mol. The first-order valence-corrected chi connectivity index (χ1v) is 6.38. The molecule has 1 aliphatic heterocycles. The molecule has 2 aliphatic carbocycles. The number of carbonyl (C=O) groups excluding carboxylic acids is 2. The molecule has 1 heterocycles.